The lowest BCUT2D eigenvalue weighted by atomic mass is 10.2. The normalized spacial score (nSPS) is 14.2. The highest BCUT2D eigenvalue weighted by atomic mass is 32.1. The zero-order chi connectivity index (χ0) is 19.9. The summed E-state index contributed by atoms with van der Waals surface area (Å²) in [5.41, 5.74) is 1.84. The van der Waals surface area contributed by atoms with E-state index < -0.39 is 0 Å². The first kappa shape index (κ1) is 20.2. The van der Waals surface area contributed by atoms with Gasteiger partial charge in [-0.3, -0.25) is 19.8 Å². The van der Waals surface area contributed by atoms with E-state index >= 15 is 0 Å². The summed E-state index contributed by atoms with van der Waals surface area (Å²) in [5, 5.41) is 14.5. The van der Waals surface area contributed by atoms with Crippen molar-refractivity contribution in [3.8, 4) is 0 Å². The molecule has 0 atom stereocenters. The molecule has 1 fully saturated rings. The molecule has 28 heavy (non-hydrogen) atoms. The van der Waals surface area contributed by atoms with Crippen LogP contribution in [0.15, 0.2) is 24.3 Å². The number of rotatable bonds is 7. The third-order valence-corrected chi connectivity index (χ3v) is 4.88. The number of carbonyl (C=O) groups excluding carboxylic acids is 2. The maximum atomic E-state index is 12.2. The Morgan fingerprint density at radius 1 is 1.11 bits per heavy atom. The highest BCUT2D eigenvalue weighted by Gasteiger charge is 2.14. The molecule has 1 aliphatic rings. The third-order valence-electron chi connectivity index (χ3n) is 4.13. The maximum absolute atomic E-state index is 12.2. The van der Waals surface area contributed by atoms with E-state index in [0.717, 1.165) is 42.7 Å². The van der Waals surface area contributed by atoms with E-state index in [2.05, 4.69) is 25.7 Å². The number of benzene rings is 1. The molecule has 2 heterocycles. The van der Waals surface area contributed by atoms with Crippen LogP contribution >= 0.6 is 11.3 Å². The number of hydrogen-bond acceptors (Lipinski definition) is 8. The number of amides is 2. The van der Waals surface area contributed by atoms with E-state index in [4.69, 9.17) is 4.74 Å². The van der Waals surface area contributed by atoms with Gasteiger partial charge in [0, 0.05) is 24.5 Å². The van der Waals surface area contributed by atoms with E-state index in [9.17, 15) is 9.59 Å². The van der Waals surface area contributed by atoms with Gasteiger partial charge in [-0.1, -0.05) is 11.3 Å². The molecule has 0 radical (unpaired) electrons. The van der Waals surface area contributed by atoms with Gasteiger partial charge in [-0.15, -0.1) is 10.2 Å². The van der Waals surface area contributed by atoms with E-state index in [1.165, 1.54) is 11.3 Å². The molecule has 2 N–H and O–H groups in total. The third kappa shape index (κ3) is 5.98. The van der Waals surface area contributed by atoms with Crippen LogP contribution in [0.3, 0.4) is 0 Å². The minimum atomic E-state index is -0.235. The van der Waals surface area contributed by atoms with E-state index in [-0.39, 0.29) is 24.9 Å². The predicted molar refractivity (Wildman–Crippen MR) is 109 cm³/mol. The fourth-order valence-corrected chi connectivity index (χ4v) is 3.44. The van der Waals surface area contributed by atoms with Crippen LogP contribution in [0.25, 0.3) is 0 Å². The van der Waals surface area contributed by atoms with Gasteiger partial charge in [0.15, 0.2) is 0 Å². The lowest BCUT2D eigenvalue weighted by Crippen LogP contribution is -2.36. The molecular weight excluding hydrogens is 380 g/mol. The first-order chi connectivity index (χ1) is 13.5. The summed E-state index contributed by atoms with van der Waals surface area (Å²) in [6.07, 6.45) is 0. The summed E-state index contributed by atoms with van der Waals surface area (Å²) in [7, 11) is 1.71. The average Bonchev–Trinajstić information content (AvgIpc) is 3.07. The summed E-state index contributed by atoms with van der Waals surface area (Å²) < 4.78 is 5.36. The molecule has 0 spiro atoms. The molecule has 0 unspecified atom stereocenters. The minimum absolute atomic E-state index is 0.0853. The van der Waals surface area contributed by atoms with Crippen LogP contribution in [0.4, 0.5) is 16.5 Å². The van der Waals surface area contributed by atoms with Crippen LogP contribution < -0.4 is 15.5 Å². The average molecular weight is 404 g/mol. The highest BCUT2D eigenvalue weighted by Crippen LogP contribution is 2.19. The number of aromatic nitrogens is 2. The summed E-state index contributed by atoms with van der Waals surface area (Å²) in [6.45, 7) is 5.21. The van der Waals surface area contributed by atoms with Gasteiger partial charge in [0.25, 0.3) is 0 Å². The second kappa shape index (κ2) is 9.58. The first-order valence-corrected chi connectivity index (χ1v) is 9.82. The van der Waals surface area contributed by atoms with E-state index in [0.29, 0.717) is 5.13 Å². The smallest absolute Gasteiger partial charge is 0.240 e. The van der Waals surface area contributed by atoms with Crippen molar-refractivity contribution in [2.75, 3.05) is 62.0 Å². The lowest BCUT2D eigenvalue weighted by molar-refractivity contribution is -0.119. The van der Waals surface area contributed by atoms with Gasteiger partial charge in [-0.05, 0) is 38.2 Å². The number of hydrogen-bond donors (Lipinski definition) is 2. The number of carbonyl (C=O) groups is 2. The Labute approximate surface area is 167 Å². The minimum Gasteiger partial charge on any atom is -0.378 e. The van der Waals surface area contributed by atoms with Crippen molar-refractivity contribution in [3.05, 3.63) is 29.3 Å². The summed E-state index contributed by atoms with van der Waals surface area (Å²) >= 11 is 1.31. The molecule has 1 aromatic carbocycles. The highest BCUT2D eigenvalue weighted by molar-refractivity contribution is 7.15. The number of nitrogens with zero attached hydrogens (tertiary/aromatic N) is 4. The van der Waals surface area contributed by atoms with Gasteiger partial charge in [0.2, 0.25) is 16.9 Å². The molecule has 9 nitrogen and oxygen atoms in total. The van der Waals surface area contributed by atoms with Gasteiger partial charge in [-0.2, -0.15) is 0 Å². The second-order valence-corrected chi connectivity index (χ2v) is 7.72. The van der Waals surface area contributed by atoms with Gasteiger partial charge in [0.1, 0.15) is 5.01 Å². The van der Waals surface area contributed by atoms with Crippen LogP contribution in [0.5, 0.6) is 0 Å². The van der Waals surface area contributed by atoms with Crippen molar-refractivity contribution in [1.82, 2.24) is 15.1 Å². The summed E-state index contributed by atoms with van der Waals surface area (Å²) in [5.74, 6) is -0.414. The van der Waals surface area contributed by atoms with Crippen LogP contribution in [-0.2, 0) is 14.3 Å². The number of morpholine rings is 1. The monoisotopic (exact) mass is 404 g/mol. The molecule has 1 aliphatic heterocycles. The fourth-order valence-electron chi connectivity index (χ4n) is 2.83. The number of anilines is 3. The largest absolute Gasteiger partial charge is 0.378 e. The topological polar surface area (TPSA) is 99.7 Å². The number of likely N-dealkylation sites (N-methyl/N-ethyl adjacent to an activating group) is 1. The Balaban J connectivity index is 1.43. The van der Waals surface area contributed by atoms with Crippen molar-refractivity contribution in [2.45, 2.75) is 6.92 Å². The zero-order valence-electron chi connectivity index (χ0n) is 16.0. The van der Waals surface area contributed by atoms with Crippen LogP contribution in [0.2, 0.25) is 0 Å². The first-order valence-electron chi connectivity index (χ1n) is 9.01. The summed E-state index contributed by atoms with van der Waals surface area (Å²) in [4.78, 5) is 28.1. The van der Waals surface area contributed by atoms with E-state index in [1.54, 1.807) is 11.9 Å². The quantitative estimate of drug-likeness (QED) is 0.715. The number of nitrogens with one attached hydrogen (secondary N) is 2. The standard InChI is InChI=1S/C18H24N6O3S/c1-13-21-22-18(28-13)20-17(26)12-23(2)11-16(25)19-14-3-5-15(6-4-14)24-7-9-27-10-8-24/h3-6H,7-12H2,1-2H3,(H,19,25)(H,20,22,26). The number of aryl methyl sites for hydroxylation is 1. The SMILES string of the molecule is Cc1nnc(NC(=O)CN(C)CC(=O)Nc2ccc(N3CCOCC3)cc2)s1. The van der Waals surface area contributed by atoms with E-state index in [1.807, 2.05) is 31.2 Å². The molecule has 0 aliphatic carbocycles. The molecule has 2 amide bonds. The van der Waals surface area contributed by atoms with Gasteiger partial charge in [-0.25, -0.2) is 0 Å². The van der Waals surface area contributed by atoms with Crippen molar-refractivity contribution < 1.29 is 14.3 Å². The van der Waals surface area contributed by atoms with Crippen molar-refractivity contribution >= 4 is 39.7 Å². The molecule has 3 rings (SSSR count). The van der Waals surface area contributed by atoms with Crippen molar-refractivity contribution in [3.63, 3.8) is 0 Å². The molecule has 1 saturated heterocycles. The molecule has 0 saturated carbocycles. The Morgan fingerprint density at radius 2 is 1.75 bits per heavy atom. The molecule has 0 bridgehead atoms. The van der Waals surface area contributed by atoms with Gasteiger partial charge in [0.05, 0.1) is 26.3 Å². The van der Waals surface area contributed by atoms with Crippen LogP contribution in [0.1, 0.15) is 5.01 Å². The summed E-state index contributed by atoms with van der Waals surface area (Å²) in [6, 6.07) is 7.74. The Bertz CT molecular complexity index is 804. The van der Waals surface area contributed by atoms with Gasteiger partial charge < -0.3 is 15.0 Å². The Morgan fingerprint density at radius 3 is 2.36 bits per heavy atom. The molecule has 1 aromatic heterocycles. The number of ether oxygens (including phenoxy) is 1. The maximum Gasteiger partial charge on any atom is 0.240 e. The van der Waals surface area contributed by atoms with Crippen LogP contribution in [-0.4, -0.2) is 73.4 Å². The Kier molecular flexibility index (Phi) is 6.90. The van der Waals surface area contributed by atoms with Crippen molar-refractivity contribution in [2.24, 2.45) is 0 Å². The lowest BCUT2D eigenvalue weighted by Gasteiger charge is -2.28. The predicted octanol–water partition coefficient (Wildman–Crippen LogP) is 1.19. The fraction of sp³-hybridized carbons (Fsp3) is 0.444. The molecular formula is C18H24N6O3S. The van der Waals surface area contributed by atoms with Crippen LogP contribution in [0, 0.1) is 6.92 Å². The second-order valence-electron chi connectivity index (χ2n) is 6.54. The molecule has 150 valence electrons. The molecule has 10 heteroatoms. The van der Waals surface area contributed by atoms with Gasteiger partial charge >= 0.3 is 0 Å². The Hall–Kier alpha value is -2.56. The zero-order valence-corrected chi connectivity index (χ0v) is 16.8. The van der Waals surface area contributed by atoms with Crippen molar-refractivity contribution in [1.29, 1.82) is 0 Å². The molecule has 2 aromatic rings.